The fraction of sp³-hybridized carbons (Fsp3) is 0.294. The minimum absolute atomic E-state index is 0.0493. The number of nitrogens with zero attached hydrogens (tertiary/aromatic N) is 1. The van der Waals surface area contributed by atoms with Gasteiger partial charge in [0.05, 0.1) is 0 Å². The van der Waals surface area contributed by atoms with E-state index in [1.165, 1.54) is 17.7 Å². The van der Waals surface area contributed by atoms with Crippen LogP contribution in [0.15, 0.2) is 46.9 Å². The summed E-state index contributed by atoms with van der Waals surface area (Å²) in [4.78, 5) is 25.1. The topological polar surface area (TPSA) is 70.8 Å². The zero-order chi connectivity index (χ0) is 15.7. The molecular weight excluding hydrogens is 282 g/mol. The third kappa shape index (κ3) is 2.50. The summed E-state index contributed by atoms with van der Waals surface area (Å²) in [6.45, 7) is 2.66. The van der Waals surface area contributed by atoms with Gasteiger partial charge in [0.2, 0.25) is 5.76 Å². The molecule has 5 heteroatoms. The van der Waals surface area contributed by atoms with Crippen LogP contribution in [0, 0.1) is 0 Å². The Bertz CT molecular complexity index is 692. The second kappa shape index (κ2) is 5.67. The molecule has 1 amide bonds. The molecule has 1 aliphatic rings. The maximum absolute atomic E-state index is 12.5. The standard InChI is InChI=1S/C17H17NO4/c1-11-13(12-5-3-2-4-6-12)9-10-18(11)16(19)14-7-8-15(22-14)17(20)21/h2-8,11,13H,9-10H2,1H3,(H,20,21). The lowest BCUT2D eigenvalue weighted by molar-refractivity contribution is 0.0647. The van der Waals surface area contributed by atoms with Gasteiger partial charge in [0.15, 0.2) is 5.76 Å². The predicted octanol–water partition coefficient (Wildman–Crippen LogP) is 3.00. The number of carboxylic acids is 1. The smallest absolute Gasteiger partial charge is 0.371 e. The summed E-state index contributed by atoms with van der Waals surface area (Å²) in [5.74, 6) is -1.26. The zero-order valence-corrected chi connectivity index (χ0v) is 12.2. The number of hydrogen-bond donors (Lipinski definition) is 1. The van der Waals surface area contributed by atoms with Crippen molar-refractivity contribution >= 4 is 11.9 Å². The summed E-state index contributed by atoms with van der Waals surface area (Å²) < 4.78 is 5.12. The number of amides is 1. The van der Waals surface area contributed by atoms with Gasteiger partial charge in [-0.3, -0.25) is 4.79 Å². The van der Waals surface area contributed by atoms with Crippen LogP contribution in [0.2, 0.25) is 0 Å². The summed E-state index contributed by atoms with van der Waals surface area (Å²) >= 11 is 0. The fourth-order valence-electron chi connectivity index (χ4n) is 3.08. The molecule has 22 heavy (non-hydrogen) atoms. The number of aromatic carboxylic acids is 1. The van der Waals surface area contributed by atoms with Gasteiger partial charge in [0.1, 0.15) is 0 Å². The first-order valence-corrected chi connectivity index (χ1v) is 7.27. The molecule has 0 bridgehead atoms. The largest absolute Gasteiger partial charge is 0.475 e. The molecule has 3 rings (SSSR count). The minimum atomic E-state index is -1.17. The second-order valence-corrected chi connectivity index (χ2v) is 5.51. The van der Waals surface area contributed by atoms with Crippen molar-refractivity contribution in [2.75, 3.05) is 6.54 Å². The highest BCUT2D eigenvalue weighted by molar-refractivity contribution is 5.94. The van der Waals surface area contributed by atoms with Crippen molar-refractivity contribution in [3.05, 3.63) is 59.5 Å². The van der Waals surface area contributed by atoms with E-state index in [9.17, 15) is 9.59 Å². The summed E-state index contributed by atoms with van der Waals surface area (Å²) in [5, 5.41) is 8.87. The van der Waals surface area contributed by atoms with Gasteiger partial charge < -0.3 is 14.4 Å². The molecule has 1 aromatic carbocycles. The van der Waals surface area contributed by atoms with Gasteiger partial charge in [-0.2, -0.15) is 0 Å². The van der Waals surface area contributed by atoms with Gasteiger partial charge >= 0.3 is 5.97 Å². The number of furan rings is 1. The molecule has 0 radical (unpaired) electrons. The highest BCUT2D eigenvalue weighted by Crippen LogP contribution is 2.34. The molecule has 0 aliphatic carbocycles. The summed E-state index contributed by atoms with van der Waals surface area (Å²) in [7, 11) is 0. The Morgan fingerprint density at radius 1 is 1.14 bits per heavy atom. The average Bonchev–Trinajstić information content (AvgIpc) is 3.14. The van der Waals surface area contributed by atoms with E-state index >= 15 is 0 Å². The van der Waals surface area contributed by atoms with Gasteiger partial charge in [-0.05, 0) is 31.0 Å². The monoisotopic (exact) mass is 299 g/mol. The van der Waals surface area contributed by atoms with Crippen LogP contribution in [0.3, 0.4) is 0 Å². The van der Waals surface area contributed by atoms with E-state index in [4.69, 9.17) is 9.52 Å². The summed E-state index contributed by atoms with van der Waals surface area (Å²) in [6.07, 6.45) is 0.892. The first kappa shape index (κ1) is 14.4. The van der Waals surface area contributed by atoms with Crippen molar-refractivity contribution in [3.63, 3.8) is 0 Å². The Balaban J connectivity index is 1.78. The van der Waals surface area contributed by atoms with Crippen LogP contribution in [-0.2, 0) is 0 Å². The molecule has 1 fully saturated rings. The molecule has 2 unspecified atom stereocenters. The second-order valence-electron chi connectivity index (χ2n) is 5.51. The Morgan fingerprint density at radius 3 is 2.45 bits per heavy atom. The predicted molar refractivity (Wildman–Crippen MR) is 80.0 cm³/mol. The quantitative estimate of drug-likeness (QED) is 0.945. The van der Waals surface area contributed by atoms with Crippen LogP contribution >= 0.6 is 0 Å². The number of hydrogen-bond acceptors (Lipinski definition) is 3. The number of benzene rings is 1. The van der Waals surface area contributed by atoms with E-state index in [-0.39, 0.29) is 23.5 Å². The molecule has 5 nitrogen and oxygen atoms in total. The van der Waals surface area contributed by atoms with Gasteiger partial charge in [-0.25, -0.2) is 4.79 Å². The summed E-state index contributed by atoms with van der Waals surface area (Å²) in [5.41, 5.74) is 1.22. The van der Waals surface area contributed by atoms with Crippen LogP contribution in [0.25, 0.3) is 0 Å². The molecule has 1 aliphatic heterocycles. The molecule has 1 N–H and O–H groups in total. The Labute approximate surface area is 128 Å². The van der Waals surface area contributed by atoms with E-state index in [0.29, 0.717) is 12.5 Å². The molecule has 0 saturated carbocycles. The number of likely N-dealkylation sites (tertiary alicyclic amines) is 1. The van der Waals surface area contributed by atoms with Crippen LogP contribution in [0.5, 0.6) is 0 Å². The van der Waals surface area contributed by atoms with Crippen LogP contribution in [-0.4, -0.2) is 34.5 Å². The first-order valence-electron chi connectivity index (χ1n) is 7.27. The van der Waals surface area contributed by atoms with Crippen molar-refractivity contribution < 1.29 is 19.1 Å². The molecule has 114 valence electrons. The van der Waals surface area contributed by atoms with Crippen molar-refractivity contribution in [3.8, 4) is 0 Å². The van der Waals surface area contributed by atoms with E-state index < -0.39 is 5.97 Å². The molecular formula is C17H17NO4. The third-order valence-corrected chi connectivity index (χ3v) is 4.27. The molecule has 2 atom stereocenters. The van der Waals surface area contributed by atoms with E-state index in [1.807, 2.05) is 25.1 Å². The molecule has 2 aromatic rings. The summed E-state index contributed by atoms with van der Waals surface area (Å²) in [6, 6.07) is 12.9. The SMILES string of the molecule is CC1C(c2ccccc2)CCN1C(=O)c1ccc(C(=O)O)o1. The number of carboxylic acid groups (broad SMARTS) is 1. The Hall–Kier alpha value is -2.56. The minimum Gasteiger partial charge on any atom is -0.475 e. The van der Waals surface area contributed by atoms with E-state index in [0.717, 1.165) is 6.42 Å². The fourth-order valence-corrected chi connectivity index (χ4v) is 3.08. The maximum atomic E-state index is 12.5. The highest BCUT2D eigenvalue weighted by atomic mass is 16.4. The van der Waals surface area contributed by atoms with Crippen LogP contribution in [0.1, 0.15) is 45.9 Å². The van der Waals surface area contributed by atoms with Gasteiger partial charge in [-0.1, -0.05) is 30.3 Å². The average molecular weight is 299 g/mol. The Morgan fingerprint density at radius 2 is 1.82 bits per heavy atom. The first-order chi connectivity index (χ1) is 10.6. The van der Waals surface area contributed by atoms with Crippen molar-refractivity contribution in [1.82, 2.24) is 4.90 Å². The van der Waals surface area contributed by atoms with E-state index in [2.05, 4.69) is 12.1 Å². The van der Waals surface area contributed by atoms with Gasteiger partial charge in [0, 0.05) is 18.5 Å². The van der Waals surface area contributed by atoms with Gasteiger partial charge in [0.25, 0.3) is 5.91 Å². The van der Waals surface area contributed by atoms with Crippen molar-refractivity contribution in [1.29, 1.82) is 0 Å². The molecule has 0 spiro atoms. The van der Waals surface area contributed by atoms with E-state index in [1.54, 1.807) is 4.90 Å². The molecule has 1 aromatic heterocycles. The lowest BCUT2D eigenvalue weighted by Gasteiger charge is -2.24. The number of carbonyl (C=O) groups is 2. The lowest BCUT2D eigenvalue weighted by atomic mass is 9.93. The highest BCUT2D eigenvalue weighted by Gasteiger charge is 2.36. The lowest BCUT2D eigenvalue weighted by Crippen LogP contribution is -2.35. The normalized spacial score (nSPS) is 21.0. The van der Waals surface area contributed by atoms with Crippen LogP contribution in [0.4, 0.5) is 0 Å². The molecule has 2 heterocycles. The third-order valence-electron chi connectivity index (χ3n) is 4.27. The van der Waals surface area contributed by atoms with Crippen LogP contribution < -0.4 is 0 Å². The maximum Gasteiger partial charge on any atom is 0.371 e. The number of rotatable bonds is 3. The number of carbonyl (C=O) groups excluding carboxylic acids is 1. The zero-order valence-electron chi connectivity index (χ0n) is 12.2. The van der Waals surface area contributed by atoms with Crippen molar-refractivity contribution in [2.24, 2.45) is 0 Å². The van der Waals surface area contributed by atoms with Gasteiger partial charge in [-0.15, -0.1) is 0 Å². The Kier molecular flexibility index (Phi) is 3.71. The molecule has 1 saturated heterocycles. The van der Waals surface area contributed by atoms with Crippen molar-refractivity contribution in [2.45, 2.75) is 25.3 Å².